The molecule has 4 nitrogen and oxygen atoms in total. The molecule has 0 spiro atoms. The first-order valence-electron chi connectivity index (χ1n) is 6.24. The highest BCUT2D eigenvalue weighted by Crippen LogP contribution is 2.39. The molecule has 0 bridgehead atoms. The SMILES string of the molecule is COC(=O)C1(Nc2ccc(OC)cc2)CCSC1C. The van der Waals surface area contributed by atoms with E-state index in [1.54, 1.807) is 18.9 Å². The fourth-order valence-electron chi connectivity index (χ4n) is 2.34. The van der Waals surface area contributed by atoms with E-state index >= 15 is 0 Å². The van der Waals surface area contributed by atoms with Gasteiger partial charge in [-0.2, -0.15) is 11.8 Å². The summed E-state index contributed by atoms with van der Waals surface area (Å²) in [5, 5.41) is 3.54. The molecule has 1 aromatic rings. The van der Waals surface area contributed by atoms with E-state index in [9.17, 15) is 4.79 Å². The number of ether oxygens (including phenoxy) is 2. The standard InChI is InChI=1S/C14H19NO3S/c1-10-14(8-9-19-10,13(16)18-3)15-11-4-6-12(17-2)7-5-11/h4-7,10,15H,8-9H2,1-3H3. The molecule has 1 aliphatic rings. The van der Waals surface area contributed by atoms with Gasteiger partial charge < -0.3 is 14.8 Å². The summed E-state index contributed by atoms with van der Waals surface area (Å²) in [4.78, 5) is 12.2. The molecule has 2 atom stereocenters. The van der Waals surface area contributed by atoms with E-state index in [4.69, 9.17) is 9.47 Å². The van der Waals surface area contributed by atoms with Gasteiger partial charge in [-0.15, -0.1) is 0 Å². The maximum absolute atomic E-state index is 12.2. The van der Waals surface area contributed by atoms with Crippen LogP contribution in [0.4, 0.5) is 5.69 Å². The number of carbonyl (C=O) groups is 1. The Kier molecular flexibility index (Phi) is 4.24. The number of carbonyl (C=O) groups excluding carboxylic acids is 1. The number of hydrogen-bond acceptors (Lipinski definition) is 5. The summed E-state index contributed by atoms with van der Waals surface area (Å²) in [5.74, 6) is 1.56. The molecule has 2 unspecified atom stereocenters. The van der Waals surface area contributed by atoms with E-state index in [1.165, 1.54) is 7.11 Å². The monoisotopic (exact) mass is 281 g/mol. The number of rotatable bonds is 4. The van der Waals surface area contributed by atoms with Crippen molar-refractivity contribution in [1.82, 2.24) is 0 Å². The van der Waals surface area contributed by atoms with Gasteiger partial charge in [-0.25, -0.2) is 4.79 Å². The van der Waals surface area contributed by atoms with Gasteiger partial charge in [0.25, 0.3) is 0 Å². The van der Waals surface area contributed by atoms with Crippen LogP contribution in [0.25, 0.3) is 0 Å². The number of thioether (sulfide) groups is 1. The molecule has 2 rings (SSSR count). The van der Waals surface area contributed by atoms with Gasteiger partial charge in [-0.3, -0.25) is 0 Å². The lowest BCUT2D eigenvalue weighted by atomic mass is 9.92. The van der Waals surface area contributed by atoms with Crippen molar-refractivity contribution < 1.29 is 14.3 Å². The molecule has 0 radical (unpaired) electrons. The number of anilines is 1. The third kappa shape index (κ3) is 2.66. The molecule has 1 fully saturated rings. The van der Waals surface area contributed by atoms with Crippen LogP contribution in [0.2, 0.25) is 0 Å². The Balaban J connectivity index is 2.22. The van der Waals surface area contributed by atoms with Gasteiger partial charge >= 0.3 is 5.97 Å². The Hall–Kier alpha value is -1.36. The van der Waals surface area contributed by atoms with Gasteiger partial charge in [-0.1, -0.05) is 6.92 Å². The first-order valence-corrected chi connectivity index (χ1v) is 7.29. The van der Waals surface area contributed by atoms with Crippen LogP contribution in [-0.4, -0.2) is 36.7 Å². The van der Waals surface area contributed by atoms with E-state index in [-0.39, 0.29) is 11.2 Å². The van der Waals surface area contributed by atoms with Crippen molar-refractivity contribution in [2.24, 2.45) is 0 Å². The van der Waals surface area contributed by atoms with Gasteiger partial charge in [-0.05, 0) is 36.4 Å². The molecule has 5 heteroatoms. The van der Waals surface area contributed by atoms with Crippen LogP contribution in [0.3, 0.4) is 0 Å². The summed E-state index contributed by atoms with van der Waals surface area (Å²) < 4.78 is 10.1. The molecule has 1 N–H and O–H groups in total. The van der Waals surface area contributed by atoms with Gasteiger partial charge in [0.05, 0.1) is 14.2 Å². The van der Waals surface area contributed by atoms with E-state index in [0.29, 0.717) is 0 Å². The quantitative estimate of drug-likeness (QED) is 0.859. The molecule has 1 heterocycles. The zero-order chi connectivity index (χ0) is 13.9. The fourth-order valence-corrected chi connectivity index (χ4v) is 3.69. The molecule has 0 aliphatic carbocycles. The predicted molar refractivity (Wildman–Crippen MR) is 77.9 cm³/mol. The molecular formula is C14H19NO3S. The Morgan fingerprint density at radius 2 is 2.05 bits per heavy atom. The molecule has 104 valence electrons. The zero-order valence-electron chi connectivity index (χ0n) is 11.4. The van der Waals surface area contributed by atoms with Crippen LogP contribution in [0.15, 0.2) is 24.3 Å². The largest absolute Gasteiger partial charge is 0.497 e. The molecule has 0 aromatic heterocycles. The van der Waals surface area contributed by atoms with Crippen molar-refractivity contribution in [1.29, 1.82) is 0 Å². The maximum Gasteiger partial charge on any atom is 0.332 e. The highest BCUT2D eigenvalue weighted by molar-refractivity contribution is 8.00. The van der Waals surface area contributed by atoms with Gasteiger partial charge in [0, 0.05) is 10.9 Å². The zero-order valence-corrected chi connectivity index (χ0v) is 12.3. The molecule has 1 aromatic carbocycles. The van der Waals surface area contributed by atoms with Gasteiger partial charge in [0.2, 0.25) is 0 Å². The summed E-state index contributed by atoms with van der Waals surface area (Å²) in [6.07, 6.45) is 0.775. The second-order valence-electron chi connectivity index (χ2n) is 4.58. The van der Waals surface area contributed by atoms with E-state index in [0.717, 1.165) is 23.6 Å². The van der Waals surface area contributed by atoms with E-state index in [1.807, 2.05) is 24.3 Å². The van der Waals surface area contributed by atoms with Gasteiger partial charge in [0.15, 0.2) is 0 Å². The molecule has 1 saturated heterocycles. The van der Waals surface area contributed by atoms with Crippen molar-refractivity contribution in [3.8, 4) is 5.75 Å². The topological polar surface area (TPSA) is 47.6 Å². The molecule has 0 amide bonds. The lowest BCUT2D eigenvalue weighted by Crippen LogP contribution is -2.51. The summed E-state index contributed by atoms with van der Waals surface area (Å²) >= 11 is 1.79. The Labute approximate surface area is 117 Å². The summed E-state index contributed by atoms with van der Waals surface area (Å²) in [7, 11) is 3.07. The van der Waals surface area contributed by atoms with Crippen molar-refractivity contribution in [2.45, 2.75) is 24.1 Å². The van der Waals surface area contributed by atoms with Crippen molar-refractivity contribution >= 4 is 23.4 Å². The normalized spacial score (nSPS) is 25.9. The smallest absolute Gasteiger partial charge is 0.332 e. The first-order chi connectivity index (χ1) is 9.12. The second-order valence-corrected chi connectivity index (χ2v) is 6.03. The summed E-state index contributed by atoms with van der Waals surface area (Å²) in [6, 6.07) is 7.58. The third-order valence-corrected chi connectivity index (χ3v) is 4.91. The minimum absolute atomic E-state index is 0.182. The van der Waals surface area contributed by atoms with Crippen LogP contribution in [0, 0.1) is 0 Å². The number of nitrogens with one attached hydrogen (secondary N) is 1. The number of esters is 1. The number of hydrogen-bond donors (Lipinski definition) is 1. The lowest BCUT2D eigenvalue weighted by Gasteiger charge is -2.32. The highest BCUT2D eigenvalue weighted by Gasteiger charge is 2.48. The van der Waals surface area contributed by atoms with Crippen LogP contribution >= 0.6 is 11.8 Å². The molecule has 1 aliphatic heterocycles. The average molecular weight is 281 g/mol. The molecule has 0 saturated carbocycles. The van der Waals surface area contributed by atoms with Crippen molar-refractivity contribution in [3.05, 3.63) is 24.3 Å². The van der Waals surface area contributed by atoms with E-state index < -0.39 is 5.54 Å². The third-order valence-electron chi connectivity index (χ3n) is 3.57. The lowest BCUT2D eigenvalue weighted by molar-refractivity contribution is -0.145. The van der Waals surface area contributed by atoms with Crippen LogP contribution < -0.4 is 10.1 Å². The highest BCUT2D eigenvalue weighted by atomic mass is 32.2. The van der Waals surface area contributed by atoms with E-state index in [2.05, 4.69) is 12.2 Å². The first kappa shape index (κ1) is 14.1. The van der Waals surface area contributed by atoms with Crippen molar-refractivity contribution in [2.75, 3.05) is 25.3 Å². The number of methoxy groups -OCH3 is 2. The predicted octanol–water partition coefficient (Wildman–Crippen LogP) is 2.54. The Morgan fingerprint density at radius 1 is 1.37 bits per heavy atom. The fraction of sp³-hybridized carbons (Fsp3) is 0.500. The van der Waals surface area contributed by atoms with Crippen LogP contribution in [0.1, 0.15) is 13.3 Å². The second kappa shape index (κ2) is 5.74. The Morgan fingerprint density at radius 3 is 2.53 bits per heavy atom. The minimum Gasteiger partial charge on any atom is -0.497 e. The summed E-state index contributed by atoms with van der Waals surface area (Å²) in [5.41, 5.74) is 0.272. The van der Waals surface area contributed by atoms with Crippen LogP contribution in [0.5, 0.6) is 5.75 Å². The minimum atomic E-state index is -0.631. The number of benzene rings is 1. The average Bonchev–Trinajstić information content (AvgIpc) is 2.81. The van der Waals surface area contributed by atoms with Gasteiger partial charge in [0.1, 0.15) is 11.3 Å². The van der Waals surface area contributed by atoms with Crippen LogP contribution in [-0.2, 0) is 9.53 Å². The van der Waals surface area contributed by atoms with Crippen molar-refractivity contribution in [3.63, 3.8) is 0 Å². The maximum atomic E-state index is 12.2. The molecule has 19 heavy (non-hydrogen) atoms. The summed E-state index contributed by atoms with van der Waals surface area (Å²) in [6.45, 7) is 2.06. The molecular weight excluding hydrogens is 262 g/mol. The Bertz CT molecular complexity index is 449.